The van der Waals surface area contributed by atoms with E-state index in [0.29, 0.717) is 0 Å². The zero-order chi connectivity index (χ0) is 14.7. The van der Waals surface area contributed by atoms with E-state index in [4.69, 9.17) is 14.2 Å². The lowest BCUT2D eigenvalue weighted by molar-refractivity contribution is -0.300. The summed E-state index contributed by atoms with van der Waals surface area (Å²) in [7, 11) is 0. The molecule has 1 saturated heterocycles. The molecule has 5 heteroatoms. The van der Waals surface area contributed by atoms with Crippen molar-refractivity contribution in [1.29, 1.82) is 0 Å². The van der Waals surface area contributed by atoms with Gasteiger partial charge in [0, 0.05) is 11.8 Å². The van der Waals surface area contributed by atoms with Crippen molar-refractivity contribution in [3.63, 3.8) is 0 Å². The Morgan fingerprint density at radius 1 is 1.32 bits per heavy atom. The molecule has 2 unspecified atom stereocenters. The summed E-state index contributed by atoms with van der Waals surface area (Å²) in [6.07, 6.45) is 1.91. The molecule has 0 N–H and O–H groups in total. The van der Waals surface area contributed by atoms with Crippen LogP contribution in [0.15, 0.2) is 0 Å². The fourth-order valence-electron chi connectivity index (χ4n) is 2.21. The van der Waals surface area contributed by atoms with Crippen LogP contribution in [-0.4, -0.2) is 34.9 Å². The van der Waals surface area contributed by atoms with Crippen molar-refractivity contribution in [2.45, 2.75) is 77.5 Å². The molecule has 0 aromatic carbocycles. The van der Waals surface area contributed by atoms with Gasteiger partial charge in [-0.05, 0) is 41.0 Å². The molecule has 0 amide bonds. The third-order valence-electron chi connectivity index (χ3n) is 2.67. The molecule has 1 rings (SSSR count). The van der Waals surface area contributed by atoms with Gasteiger partial charge in [0.25, 0.3) is 0 Å². The molecule has 0 aromatic heterocycles. The zero-order valence-electron chi connectivity index (χ0n) is 12.5. The molecule has 4 nitrogen and oxygen atoms in total. The van der Waals surface area contributed by atoms with Gasteiger partial charge in [-0.2, -0.15) is 0 Å². The molecule has 19 heavy (non-hydrogen) atoms. The summed E-state index contributed by atoms with van der Waals surface area (Å²) in [6.45, 7) is 9.37. The Balaban J connectivity index is 2.54. The highest BCUT2D eigenvalue weighted by atomic mass is 79.9. The van der Waals surface area contributed by atoms with Crippen molar-refractivity contribution in [3.05, 3.63) is 0 Å². The lowest BCUT2D eigenvalue weighted by atomic mass is 10.0. The summed E-state index contributed by atoms with van der Waals surface area (Å²) in [6, 6.07) is 0. The fraction of sp³-hybridized carbons (Fsp3) is 0.929. The van der Waals surface area contributed by atoms with E-state index in [1.165, 1.54) is 0 Å². The predicted octanol–water partition coefficient (Wildman–Crippen LogP) is 3.41. The molecule has 0 bridgehead atoms. The van der Waals surface area contributed by atoms with Gasteiger partial charge >= 0.3 is 5.97 Å². The summed E-state index contributed by atoms with van der Waals surface area (Å²) >= 11 is 3.42. The van der Waals surface area contributed by atoms with Gasteiger partial charge in [-0.25, -0.2) is 0 Å². The number of halogens is 1. The standard InChI is InChI=1S/C14H25BrO4/c1-13(2,3)19-12(16)9-11-8-10(6-7-15)17-14(4,5)18-11/h10-11H,6-9H2,1-5H3. The molecule has 0 aromatic rings. The minimum Gasteiger partial charge on any atom is -0.460 e. The highest BCUT2D eigenvalue weighted by Gasteiger charge is 2.36. The molecule has 0 radical (unpaired) electrons. The number of carbonyl (C=O) groups excluding carboxylic acids is 1. The van der Waals surface area contributed by atoms with E-state index < -0.39 is 11.4 Å². The Morgan fingerprint density at radius 2 is 1.89 bits per heavy atom. The minimum atomic E-state index is -0.641. The smallest absolute Gasteiger partial charge is 0.308 e. The third-order valence-corrected chi connectivity index (χ3v) is 3.13. The van der Waals surface area contributed by atoms with Crippen LogP contribution in [0.2, 0.25) is 0 Å². The zero-order valence-corrected chi connectivity index (χ0v) is 14.1. The van der Waals surface area contributed by atoms with Crippen molar-refractivity contribution in [1.82, 2.24) is 0 Å². The summed E-state index contributed by atoms with van der Waals surface area (Å²) in [5.41, 5.74) is -0.451. The van der Waals surface area contributed by atoms with Gasteiger partial charge in [0.05, 0.1) is 18.6 Å². The van der Waals surface area contributed by atoms with Crippen molar-refractivity contribution in [2.75, 3.05) is 5.33 Å². The van der Waals surface area contributed by atoms with Gasteiger partial charge in [-0.3, -0.25) is 4.79 Å². The highest BCUT2D eigenvalue weighted by molar-refractivity contribution is 9.09. The first-order chi connectivity index (χ1) is 8.61. The SMILES string of the molecule is CC(C)(C)OC(=O)CC1CC(CCBr)OC(C)(C)O1. The Hall–Kier alpha value is -0.130. The Bertz CT molecular complexity index is 309. The number of ether oxygens (including phenoxy) is 3. The van der Waals surface area contributed by atoms with Gasteiger partial charge < -0.3 is 14.2 Å². The van der Waals surface area contributed by atoms with Crippen LogP contribution < -0.4 is 0 Å². The Kier molecular flexibility index (Phi) is 5.83. The van der Waals surface area contributed by atoms with Crippen LogP contribution in [0.3, 0.4) is 0 Å². The second kappa shape index (κ2) is 6.55. The summed E-state index contributed by atoms with van der Waals surface area (Å²) < 4.78 is 17.0. The summed E-state index contributed by atoms with van der Waals surface area (Å²) in [5, 5.41) is 0.882. The van der Waals surface area contributed by atoms with Crippen molar-refractivity contribution in [3.8, 4) is 0 Å². The van der Waals surface area contributed by atoms with Crippen LogP contribution in [0.25, 0.3) is 0 Å². The van der Waals surface area contributed by atoms with E-state index in [9.17, 15) is 4.79 Å². The molecule has 1 aliphatic heterocycles. The average Bonchev–Trinajstić information content (AvgIpc) is 2.10. The Labute approximate surface area is 124 Å². The van der Waals surface area contributed by atoms with Gasteiger partial charge in [0.2, 0.25) is 0 Å². The van der Waals surface area contributed by atoms with Crippen molar-refractivity contribution >= 4 is 21.9 Å². The van der Waals surface area contributed by atoms with E-state index >= 15 is 0 Å². The topological polar surface area (TPSA) is 44.8 Å². The van der Waals surface area contributed by atoms with Crippen LogP contribution in [-0.2, 0) is 19.0 Å². The normalized spacial score (nSPS) is 27.1. The summed E-state index contributed by atoms with van der Waals surface area (Å²) in [4.78, 5) is 11.9. The van der Waals surface area contributed by atoms with E-state index in [2.05, 4.69) is 15.9 Å². The minimum absolute atomic E-state index is 0.121. The number of alkyl halides is 1. The maximum Gasteiger partial charge on any atom is 0.308 e. The lowest BCUT2D eigenvalue weighted by Crippen LogP contribution is -2.45. The average molecular weight is 337 g/mol. The molecular weight excluding hydrogens is 312 g/mol. The van der Waals surface area contributed by atoms with Crippen LogP contribution in [0, 0.1) is 0 Å². The molecule has 0 saturated carbocycles. The molecule has 0 aliphatic carbocycles. The number of esters is 1. The molecular formula is C14H25BrO4. The van der Waals surface area contributed by atoms with E-state index in [0.717, 1.165) is 18.2 Å². The number of rotatable bonds is 4. The van der Waals surface area contributed by atoms with Crippen molar-refractivity contribution in [2.24, 2.45) is 0 Å². The maximum atomic E-state index is 11.9. The predicted molar refractivity (Wildman–Crippen MR) is 77.3 cm³/mol. The first kappa shape index (κ1) is 16.9. The number of hydrogen-bond donors (Lipinski definition) is 0. The molecule has 0 spiro atoms. The Morgan fingerprint density at radius 3 is 2.42 bits per heavy atom. The van der Waals surface area contributed by atoms with Crippen LogP contribution in [0.5, 0.6) is 0 Å². The van der Waals surface area contributed by atoms with E-state index in [1.807, 2.05) is 34.6 Å². The second-order valence-corrected chi connectivity index (χ2v) is 7.18. The first-order valence-electron chi connectivity index (χ1n) is 6.75. The van der Waals surface area contributed by atoms with Gasteiger partial charge in [-0.1, -0.05) is 15.9 Å². The maximum absolute atomic E-state index is 11.9. The quantitative estimate of drug-likeness (QED) is 0.582. The fourth-order valence-corrected chi connectivity index (χ4v) is 2.72. The molecule has 1 aliphatic rings. The van der Waals surface area contributed by atoms with Gasteiger partial charge in [0.15, 0.2) is 5.79 Å². The molecule has 112 valence electrons. The monoisotopic (exact) mass is 336 g/mol. The van der Waals surface area contributed by atoms with Gasteiger partial charge in [-0.15, -0.1) is 0 Å². The van der Waals surface area contributed by atoms with Crippen LogP contribution in [0.1, 0.15) is 53.9 Å². The molecule has 2 atom stereocenters. The van der Waals surface area contributed by atoms with Crippen LogP contribution in [0.4, 0.5) is 0 Å². The largest absolute Gasteiger partial charge is 0.460 e. The van der Waals surface area contributed by atoms with Crippen LogP contribution >= 0.6 is 15.9 Å². The van der Waals surface area contributed by atoms with E-state index in [1.54, 1.807) is 0 Å². The molecule has 1 heterocycles. The number of carbonyl (C=O) groups is 1. The first-order valence-corrected chi connectivity index (χ1v) is 7.87. The molecule has 1 fully saturated rings. The third kappa shape index (κ3) is 6.72. The van der Waals surface area contributed by atoms with Crippen molar-refractivity contribution < 1.29 is 19.0 Å². The second-order valence-electron chi connectivity index (χ2n) is 6.38. The highest BCUT2D eigenvalue weighted by Crippen LogP contribution is 2.30. The van der Waals surface area contributed by atoms with Gasteiger partial charge in [0.1, 0.15) is 5.60 Å². The number of hydrogen-bond acceptors (Lipinski definition) is 4. The van der Waals surface area contributed by atoms with E-state index in [-0.39, 0.29) is 24.6 Å². The summed E-state index contributed by atoms with van der Waals surface area (Å²) in [5.74, 6) is -0.856. The lowest BCUT2D eigenvalue weighted by Gasteiger charge is -2.40.